The van der Waals surface area contributed by atoms with Crippen molar-refractivity contribution in [1.29, 1.82) is 0 Å². The SMILES string of the molecule is CCC(C)(CNC(=O)N(CC(N)=O)CC(N)=O)C(=O)O. The van der Waals surface area contributed by atoms with Gasteiger partial charge in [0.1, 0.15) is 13.1 Å². The number of urea groups is 1. The summed E-state index contributed by atoms with van der Waals surface area (Å²) in [7, 11) is 0. The number of aliphatic carboxylic acids is 1. The summed E-state index contributed by atoms with van der Waals surface area (Å²) >= 11 is 0. The first kappa shape index (κ1) is 17.7. The van der Waals surface area contributed by atoms with Gasteiger partial charge in [0, 0.05) is 6.54 Å². The van der Waals surface area contributed by atoms with Crippen LogP contribution in [-0.2, 0) is 14.4 Å². The average molecular weight is 288 g/mol. The van der Waals surface area contributed by atoms with Crippen molar-refractivity contribution in [2.75, 3.05) is 19.6 Å². The Morgan fingerprint density at radius 1 is 1.15 bits per heavy atom. The number of hydrogen-bond donors (Lipinski definition) is 4. The molecule has 0 aliphatic carbocycles. The van der Waals surface area contributed by atoms with Crippen LogP contribution in [0.4, 0.5) is 4.79 Å². The van der Waals surface area contributed by atoms with Crippen LogP contribution in [0.15, 0.2) is 0 Å². The molecule has 0 aromatic heterocycles. The zero-order valence-corrected chi connectivity index (χ0v) is 11.5. The van der Waals surface area contributed by atoms with Crippen molar-refractivity contribution in [2.45, 2.75) is 20.3 Å². The van der Waals surface area contributed by atoms with E-state index in [-0.39, 0.29) is 6.54 Å². The van der Waals surface area contributed by atoms with Crippen LogP contribution in [0.2, 0.25) is 0 Å². The standard InChI is InChI=1S/C11H20N4O5/c1-3-11(2,9(18)19)6-14-10(20)15(4-7(12)16)5-8(13)17/h3-6H2,1-2H3,(H2,12,16)(H2,13,17)(H,14,20)(H,18,19). The Bertz CT molecular complexity index is 396. The van der Waals surface area contributed by atoms with Gasteiger partial charge in [0.25, 0.3) is 0 Å². The van der Waals surface area contributed by atoms with Crippen molar-refractivity contribution >= 4 is 23.8 Å². The lowest BCUT2D eigenvalue weighted by Gasteiger charge is -2.26. The van der Waals surface area contributed by atoms with Crippen molar-refractivity contribution in [3.8, 4) is 0 Å². The Kier molecular flexibility index (Phi) is 6.47. The van der Waals surface area contributed by atoms with Crippen LogP contribution < -0.4 is 16.8 Å². The summed E-state index contributed by atoms with van der Waals surface area (Å²) in [5.74, 6) is -2.67. The third kappa shape index (κ3) is 5.55. The van der Waals surface area contributed by atoms with Crippen molar-refractivity contribution in [3.05, 3.63) is 0 Å². The molecule has 0 spiro atoms. The van der Waals surface area contributed by atoms with Crippen LogP contribution >= 0.6 is 0 Å². The van der Waals surface area contributed by atoms with Gasteiger partial charge in [-0.2, -0.15) is 0 Å². The Hall–Kier alpha value is -2.32. The van der Waals surface area contributed by atoms with Gasteiger partial charge in [-0.15, -0.1) is 0 Å². The molecule has 1 unspecified atom stereocenters. The highest BCUT2D eigenvalue weighted by Crippen LogP contribution is 2.19. The molecule has 0 aliphatic rings. The molecule has 1 atom stereocenters. The van der Waals surface area contributed by atoms with E-state index in [1.54, 1.807) is 6.92 Å². The third-order valence-electron chi connectivity index (χ3n) is 2.91. The highest BCUT2D eigenvalue weighted by atomic mass is 16.4. The number of nitrogens with zero attached hydrogens (tertiary/aromatic N) is 1. The monoisotopic (exact) mass is 288 g/mol. The molecule has 114 valence electrons. The van der Waals surface area contributed by atoms with E-state index in [1.807, 2.05) is 0 Å². The van der Waals surface area contributed by atoms with Crippen LogP contribution in [-0.4, -0.2) is 53.5 Å². The molecule has 0 rings (SSSR count). The molecular formula is C11H20N4O5. The van der Waals surface area contributed by atoms with Gasteiger partial charge in [0.15, 0.2) is 0 Å². The number of primary amides is 2. The molecule has 0 bridgehead atoms. The number of amides is 4. The minimum absolute atomic E-state index is 0.147. The number of carboxylic acids is 1. The van der Waals surface area contributed by atoms with Gasteiger partial charge in [0.05, 0.1) is 5.41 Å². The smallest absolute Gasteiger partial charge is 0.318 e. The molecule has 0 saturated heterocycles. The summed E-state index contributed by atoms with van der Waals surface area (Å²) in [5, 5.41) is 11.4. The molecule has 4 amide bonds. The van der Waals surface area contributed by atoms with E-state index >= 15 is 0 Å². The quantitative estimate of drug-likeness (QED) is 0.426. The molecule has 0 aliphatic heterocycles. The maximum atomic E-state index is 11.8. The fraction of sp³-hybridized carbons (Fsp3) is 0.636. The lowest BCUT2D eigenvalue weighted by Crippen LogP contribution is -2.50. The number of carbonyl (C=O) groups is 4. The summed E-state index contributed by atoms with van der Waals surface area (Å²) < 4.78 is 0. The number of carboxylic acid groups (broad SMARTS) is 1. The molecule has 0 fully saturated rings. The minimum atomic E-state index is -1.14. The van der Waals surface area contributed by atoms with Crippen molar-refractivity contribution < 1.29 is 24.3 Å². The normalized spacial score (nSPS) is 13.1. The van der Waals surface area contributed by atoms with Gasteiger partial charge in [-0.05, 0) is 13.3 Å². The average Bonchev–Trinajstić information content (AvgIpc) is 2.33. The molecule has 20 heavy (non-hydrogen) atoms. The molecule has 0 aromatic rings. The largest absolute Gasteiger partial charge is 0.481 e. The summed E-state index contributed by atoms with van der Waals surface area (Å²) in [6, 6.07) is -0.775. The first-order valence-corrected chi connectivity index (χ1v) is 5.95. The van der Waals surface area contributed by atoms with E-state index in [0.29, 0.717) is 6.42 Å². The molecule has 0 radical (unpaired) electrons. The topological polar surface area (TPSA) is 156 Å². The van der Waals surface area contributed by atoms with Crippen LogP contribution in [0.1, 0.15) is 20.3 Å². The number of nitrogens with two attached hydrogens (primary N) is 2. The molecule has 0 heterocycles. The van der Waals surface area contributed by atoms with E-state index in [4.69, 9.17) is 16.6 Å². The maximum absolute atomic E-state index is 11.8. The summed E-state index contributed by atoms with van der Waals surface area (Å²) in [5.41, 5.74) is 8.77. The highest BCUT2D eigenvalue weighted by Gasteiger charge is 2.32. The van der Waals surface area contributed by atoms with Crippen molar-refractivity contribution in [3.63, 3.8) is 0 Å². The minimum Gasteiger partial charge on any atom is -0.481 e. The first-order valence-electron chi connectivity index (χ1n) is 5.95. The van der Waals surface area contributed by atoms with Gasteiger partial charge >= 0.3 is 12.0 Å². The number of rotatable bonds is 8. The third-order valence-corrected chi connectivity index (χ3v) is 2.91. The fourth-order valence-corrected chi connectivity index (χ4v) is 1.31. The predicted molar refractivity (Wildman–Crippen MR) is 69.4 cm³/mol. The van der Waals surface area contributed by atoms with E-state index in [0.717, 1.165) is 4.90 Å². The highest BCUT2D eigenvalue weighted by molar-refractivity contribution is 5.87. The van der Waals surface area contributed by atoms with Gasteiger partial charge in [0.2, 0.25) is 11.8 Å². The summed E-state index contributed by atoms with van der Waals surface area (Å²) in [4.78, 5) is 45.3. The molecule has 9 nitrogen and oxygen atoms in total. The maximum Gasteiger partial charge on any atom is 0.318 e. The van der Waals surface area contributed by atoms with Gasteiger partial charge in [-0.1, -0.05) is 6.92 Å². The number of hydrogen-bond acceptors (Lipinski definition) is 4. The predicted octanol–water partition coefficient (Wildman–Crippen LogP) is -1.53. The number of nitrogens with one attached hydrogen (secondary N) is 1. The van der Waals surface area contributed by atoms with Gasteiger partial charge in [-0.25, -0.2) is 4.79 Å². The lowest BCUT2D eigenvalue weighted by molar-refractivity contribution is -0.147. The van der Waals surface area contributed by atoms with Crippen molar-refractivity contribution in [1.82, 2.24) is 10.2 Å². The van der Waals surface area contributed by atoms with E-state index in [2.05, 4.69) is 5.32 Å². The molecule has 0 aromatic carbocycles. The van der Waals surface area contributed by atoms with Crippen LogP contribution in [0.25, 0.3) is 0 Å². The second kappa shape index (κ2) is 7.31. The molecular weight excluding hydrogens is 268 g/mol. The zero-order chi connectivity index (χ0) is 15.9. The van der Waals surface area contributed by atoms with Crippen LogP contribution in [0.5, 0.6) is 0 Å². The Morgan fingerprint density at radius 3 is 1.90 bits per heavy atom. The first-order chi connectivity index (χ1) is 9.12. The van der Waals surface area contributed by atoms with E-state index < -0.39 is 42.3 Å². The Balaban J connectivity index is 4.71. The van der Waals surface area contributed by atoms with Crippen LogP contribution in [0, 0.1) is 5.41 Å². The van der Waals surface area contributed by atoms with E-state index in [9.17, 15) is 19.2 Å². The van der Waals surface area contributed by atoms with Crippen LogP contribution in [0.3, 0.4) is 0 Å². The number of carbonyl (C=O) groups excluding carboxylic acids is 3. The molecule has 9 heteroatoms. The summed E-state index contributed by atoms with van der Waals surface area (Å²) in [6.45, 7) is 2.04. The summed E-state index contributed by atoms with van der Waals surface area (Å²) in [6.07, 6.45) is 0.300. The second-order valence-electron chi connectivity index (χ2n) is 4.67. The molecule has 0 saturated carbocycles. The molecule has 6 N–H and O–H groups in total. The van der Waals surface area contributed by atoms with Gasteiger partial charge in [-0.3, -0.25) is 14.4 Å². The fourth-order valence-electron chi connectivity index (χ4n) is 1.31. The van der Waals surface area contributed by atoms with Crippen molar-refractivity contribution in [2.24, 2.45) is 16.9 Å². The Morgan fingerprint density at radius 2 is 1.60 bits per heavy atom. The van der Waals surface area contributed by atoms with E-state index in [1.165, 1.54) is 6.92 Å². The second-order valence-corrected chi connectivity index (χ2v) is 4.67. The lowest BCUT2D eigenvalue weighted by atomic mass is 9.88. The zero-order valence-electron chi connectivity index (χ0n) is 11.5. The van der Waals surface area contributed by atoms with Gasteiger partial charge < -0.3 is 26.8 Å². The Labute approximate surface area is 116 Å².